The second-order valence-corrected chi connectivity index (χ2v) is 13.2. The fourth-order valence-electron chi connectivity index (χ4n) is 5.15. The van der Waals surface area contributed by atoms with Crippen LogP contribution < -0.4 is 14.4 Å². The summed E-state index contributed by atoms with van der Waals surface area (Å²) in [5, 5.41) is 3.02. The first-order valence-corrected chi connectivity index (χ1v) is 17.0. The van der Waals surface area contributed by atoms with Crippen LogP contribution in [0.2, 0.25) is 0 Å². The summed E-state index contributed by atoms with van der Waals surface area (Å²) in [7, 11) is -2.69. The van der Waals surface area contributed by atoms with Crippen molar-refractivity contribution in [3.05, 3.63) is 125 Å². The van der Waals surface area contributed by atoms with Gasteiger partial charge in [-0.05, 0) is 73.4 Å². The van der Waals surface area contributed by atoms with E-state index < -0.39 is 28.5 Å². The number of carbonyl (C=O) groups is 2. The van der Waals surface area contributed by atoms with Crippen LogP contribution in [0.4, 0.5) is 5.69 Å². The van der Waals surface area contributed by atoms with Crippen LogP contribution in [0.5, 0.6) is 5.75 Å². The lowest BCUT2D eigenvalue weighted by atomic mass is 10.0. The predicted octanol–water partition coefficient (Wildman–Crippen LogP) is 6.06. The number of methoxy groups -OCH3 is 1. The van der Waals surface area contributed by atoms with Crippen LogP contribution in [0, 0.1) is 13.8 Å². The number of aryl methyl sites for hydroxylation is 2. The number of rotatable bonds is 15. The molecule has 0 aromatic heterocycles. The summed E-state index contributed by atoms with van der Waals surface area (Å²) in [6.07, 6.45) is 1.98. The van der Waals surface area contributed by atoms with Gasteiger partial charge in [0.2, 0.25) is 11.8 Å². The topological polar surface area (TPSA) is 96.0 Å². The van der Waals surface area contributed by atoms with Crippen LogP contribution in [-0.4, -0.2) is 51.4 Å². The largest absolute Gasteiger partial charge is 0.497 e. The Labute approximate surface area is 273 Å². The lowest BCUT2D eigenvalue weighted by molar-refractivity contribution is -0.140. The summed E-state index contributed by atoms with van der Waals surface area (Å²) < 4.78 is 34.7. The van der Waals surface area contributed by atoms with Crippen molar-refractivity contribution >= 4 is 27.5 Å². The number of hydrogen-bond acceptors (Lipinski definition) is 5. The van der Waals surface area contributed by atoms with E-state index in [1.807, 2.05) is 75.4 Å². The maximum Gasteiger partial charge on any atom is 0.264 e. The van der Waals surface area contributed by atoms with Gasteiger partial charge in [0, 0.05) is 19.5 Å². The Bertz CT molecular complexity index is 1690. The smallest absolute Gasteiger partial charge is 0.264 e. The van der Waals surface area contributed by atoms with E-state index in [1.165, 1.54) is 24.1 Å². The fraction of sp³-hybridized carbons (Fsp3) is 0.297. The quantitative estimate of drug-likeness (QED) is 0.159. The minimum atomic E-state index is -4.19. The Balaban J connectivity index is 1.79. The molecule has 9 heteroatoms. The number of amides is 2. The Morgan fingerprint density at radius 1 is 0.848 bits per heavy atom. The zero-order valence-corrected chi connectivity index (χ0v) is 27.8. The number of nitrogens with zero attached hydrogens (tertiary/aromatic N) is 2. The maximum absolute atomic E-state index is 14.6. The molecule has 0 aliphatic rings. The number of unbranched alkanes of at least 4 members (excludes halogenated alkanes) is 1. The van der Waals surface area contributed by atoms with Crippen LogP contribution in [0.25, 0.3) is 0 Å². The van der Waals surface area contributed by atoms with Gasteiger partial charge in [-0.2, -0.15) is 0 Å². The molecule has 4 aromatic rings. The molecule has 1 N–H and O–H groups in total. The number of sulfonamides is 1. The Hall–Kier alpha value is -4.63. The first-order valence-electron chi connectivity index (χ1n) is 15.5. The lowest BCUT2D eigenvalue weighted by Gasteiger charge is -2.34. The van der Waals surface area contributed by atoms with E-state index in [1.54, 1.807) is 36.4 Å². The van der Waals surface area contributed by atoms with Gasteiger partial charge in [-0.25, -0.2) is 8.42 Å². The van der Waals surface area contributed by atoms with Crippen molar-refractivity contribution in [2.24, 2.45) is 0 Å². The number of benzene rings is 4. The van der Waals surface area contributed by atoms with E-state index in [-0.39, 0.29) is 23.8 Å². The van der Waals surface area contributed by atoms with Gasteiger partial charge < -0.3 is 15.0 Å². The summed E-state index contributed by atoms with van der Waals surface area (Å²) in [6, 6.07) is 29.4. The van der Waals surface area contributed by atoms with E-state index in [2.05, 4.69) is 5.32 Å². The Morgan fingerprint density at radius 2 is 1.50 bits per heavy atom. The third-order valence-electron chi connectivity index (χ3n) is 7.95. The van der Waals surface area contributed by atoms with Gasteiger partial charge in [-0.3, -0.25) is 13.9 Å². The SMILES string of the molecule is CCCCNC(=O)[C@@H](Cc1ccccc1)N(Cc1ccccc1C)C(=O)CN(c1ccc(C)cc1)S(=O)(=O)c1ccc(OC)cc1. The van der Waals surface area contributed by atoms with Crippen LogP contribution in [-0.2, 0) is 32.6 Å². The summed E-state index contributed by atoms with van der Waals surface area (Å²) in [5.41, 5.74) is 4.02. The molecule has 0 aliphatic carbocycles. The molecule has 0 saturated carbocycles. The minimum absolute atomic E-state index is 0.0188. The van der Waals surface area contributed by atoms with E-state index >= 15 is 0 Å². The summed E-state index contributed by atoms with van der Waals surface area (Å²) >= 11 is 0. The van der Waals surface area contributed by atoms with Crippen molar-refractivity contribution in [2.45, 2.75) is 57.5 Å². The molecule has 0 fully saturated rings. The molecule has 0 unspecified atom stereocenters. The zero-order valence-electron chi connectivity index (χ0n) is 27.0. The molecule has 0 spiro atoms. The molecule has 46 heavy (non-hydrogen) atoms. The molecule has 0 radical (unpaired) electrons. The second-order valence-electron chi connectivity index (χ2n) is 11.3. The number of anilines is 1. The van der Waals surface area contributed by atoms with Gasteiger partial charge in [0.05, 0.1) is 17.7 Å². The standard InChI is InChI=1S/C37H43N3O5S/c1-5-6-24-38-37(42)35(25-30-13-8-7-9-14-30)39(26-31-15-11-10-12-29(31)3)36(41)27-40(32-18-16-28(2)17-19-32)46(43,44)34-22-20-33(45-4)21-23-34/h7-23,35H,5-6,24-27H2,1-4H3,(H,38,42)/t35-/m1/s1. The van der Waals surface area contributed by atoms with Gasteiger partial charge in [-0.15, -0.1) is 0 Å². The highest BCUT2D eigenvalue weighted by atomic mass is 32.2. The highest BCUT2D eigenvalue weighted by Crippen LogP contribution is 2.27. The van der Waals surface area contributed by atoms with E-state index in [9.17, 15) is 18.0 Å². The second kappa shape index (κ2) is 16.1. The fourth-order valence-corrected chi connectivity index (χ4v) is 6.56. The average molecular weight is 642 g/mol. The zero-order chi connectivity index (χ0) is 33.1. The molecular formula is C37H43N3O5S. The van der Waals surface area contributed by atoms with Crippen LogP contribution >= 0.6 is 0 Å². The van der Waals surface area contributed by atoms with Crippen molar-refractivity contribution in [3.63, 3.8) is 0 Å². The van der Waals surface area contributed by atoms with Crippen LogP contribution in [0.3, 0.4) is 0 Å². The lowest BCUT2D eigenvalue weighted by Crippen LogP contribution is -2.53. The molecule has 4 aromatic carbocycles. The number of ether oxygens (including phenoxy) is 1. The molecular weight excluding hydrogens is 598 g/mol. The first kappa shape index (κ1) is 34.2. The number of nitrogens with one attached hydrogen (secondary N) is 1. The van der Waals surface area contributed by atoms with Gasteiger partial charge >= 0.3 is 0 Å². The number of carbonyl (C=O) groups excluding carboxylic acids is 2. The first-order chi connectivity index (χ1) is 22.1. The Morgan fingerprint density at radius 3 is 2.13 bits per heavy atom. The molecule has 0 bridgehead atoms. The summed E-state index contributed by atoms with van der Waals surface area (Å²) in [4.78, 5) is 30.0. The summed E-state index contributed by atoms with van der Waals surface area (Å²) in [6.45, 7) is 6.02. The third-order valence-corrected chi connectivity index (χ3v) is 9.74. The molecule has 0 heterocycles. The summed E-state index contributed by atoms with van der Waals surface area (Å²) in [5.74, 6) is -0.259. The Kier molecular flexibility index (Phi) is 12.0. The van der Waals surface area contributed by atoms with E-state index in [0.717, 1.165) is 39.4 Å². The van der Waals surface area contributed by atoms with Crippen LogP contribution in [0.1, 0.15) is 42.0 Å². The van der Waals surface area contributed by atoms with Crippen molar-refractivity contribution in [3.8, 4) is 5.75 Å². The van der Waals surface area contributed by atoms with Gasteiger partial charge in [0.15, 0.2) is 0 Å². The highest BCUT2D eigenvalue weighted by molar-refractivity contribution is 7.92. The number of hydrogen-bond donors (Lipinski definition) is 1. The highest BCUT2D eigenvalue weighted by Gasteiger charge is 2.34. The molecule has 1 atom stereocenters. The monoisotopic (exact) mass is 641 g/mol. The van der Waals surface area contributed by atoms with Gasteiger partial charge in [0.1, 0.15) is 18.3 Å². The molecule has 4 rings (SSSR count). The molecule has 2 amide bonds. The molecule has 0 aliphatic heterocycles. The average Bonchev–Trinajstić information content (AvgIpc) is 3.07. The molecule has 8 nitrogen and oxygen atoms in total. The normalized spacial score (nSPS) is 11.8. The maximum atomic E-state index is 14.6. The minimum Gasteiger partial charge on any atom is -0.497 e. The molecule has 0 saturated heterocycles. The van der Waals surface area contributed by atoms with Gasteiger partial charge in [0.25, 0.3) is 10.0 Å². The van der Waals surface area contributed by atoms with Crippen molar-refractivity contribution in [1.82, 2.24) is 10.2 Å². The van der Waals surface area contributed by atoms with E-state index in [4.69, 9.17) is 4.74 Å². The van der Waals surface area contributed by atoms with Gasteiger partial charge in [-0.1, -0.05) is 85.6 Å². The third kappa shape index (κ3) is 8.75. The predicted molar refractivity (Wildman–Crippen MR) is 182 cm³/mol. The van der Waals surface area contributed by atoms with Crippen LogP contribution in [0.15, 0.2) is 108 Å². The molecule has 242 valence electrons. The van der Waals surface area contributed by atoms with Crippen molar-refractivity contribution in [2.75, 3.05) is 24.5 Å². The van der Waals surface area contributed by atoms with Crippen molar-refractivity contribution < 1.29 is 22.7 Å². The van der Waals surface area contributed by atoms with E-state index in [0.29, 0.717) is 18.0 Å². The van der Waals surface area contributed by atoms with Crippen molar-refractivity contribution in [1.29, 1.82) is 0 Å².